The van der Waals surface area contributed by atoms with E-state index in [1.807, 2.05) is 6.92 Å². The lowest BCUT2D eigenvalue weighted by Crippen LogP contribution is -2.34. The summed E-state index contributed by atoms with van der Waals surface area (Å²) >= 11 is 0. The molecule has 2 atom stereocenters. The van der Waals surface area contributed by atoms with Gasteiger partial charge in [0.15, 0.2) is 0 Å². The van der Waals surface area contributed by atoms with Crippen molar-refractivity contribution in [2.75, 3.05) is 25.0 Å². The van der Waals surface area contributed by atoms with Crippen molar-refractivity contribution in [3.8, 4) is 0 Å². The Morgan fingerprint density at radius 1 is 1.52 bits per heavy atom. The van der Waals surface area contributed by atoms with E-state index in [0.717, 1.165) is 19.5 Å². The van der Waals surface area contributed by atoms with Crippen molar-refractivity contribution in [3.63, 3.8) is 0 Å². The highest BCUT2D eigenvalue weighted by molar-refractivity contribution is 5.92. The summed E-state index contributed by atoms with van der Waals surface area (Å²) in [6.07, 6.45) is 1.02. The van der Waals surface area contributed by atoms with Gasteiger partial charge in [-0.3, -0.25) is 19.8 Å². The Hall–Kier alpha value is -1.99. The van der Waals surface area contributed by atoms with Crippen LogP contribution in [0.25, 0.3) is 0 Å². The fraction of sp³-hybridized carbons (Fsp3) is 0.500. The van der Waals surface area contributed by atoms with E-state index in [2.05, 4.69) is 10.2 Å². The SMILES string of the molecule is CC(N)C1CCN(CC(=O)Nc2ccc([N+](=O)[O-])cc2)C1. The van der Waals surface area contributed by atoms with Crippen LogP contribution in [0.15, 0.2) is 24.3 Å². The first-order chi connectivity index (χ1) is 9.95. The summed E-state index contributed by atoms with van der Waals surface area (Å²) < 4.78 is 0. The summed E-state index contributed by atoms with van der Waals surface area (Å²) in [5.41, 5.74) is 6.44. The van der Waals surface area contributed by atoms with E-state index in [1.54, 1.807) is 0 Å². The number of nitrogens with one attached hydrogen (secondary N) is 1. The summed E-state index contributed by atoms with van der Waals surface area (Å²) in [5.74, 6) is 0.325. The van der Waals surface area contributed by atoms with Crippen molar-refractivity contribution in [1.82, 2.24) is 4.90 Å². The molecule has 114 valence electrons. The molecular formula is C14H20N4O3. The summed E-state index contributed by atoms with van der Waals surface area (Å²) in [6.45, 7) is 4.02. The Labute approximate surface area is 123 Å². The number of nitrogens with two attached hydrogens (primary N) is 1. The zero-order valence-corrected chi connectivity index (χ0v) is 12.0. The van der Waals surface area contributed by atoms with Crippen molar-refractivity contribution in [2.24, 2.45) is 11.7 Å². The van der Waals surface area contributed by atoms with Gasteiger partial charge in [0.2, 0.25) is 5.91 Å². The lowest BCUT2D eigenvalue weighted by atomic mass is 10.0. The van der Waals surface area contributed by atoms with Crippen molar-refractivity contribution in [1.29, 1.82) is 0 Å². The highest BCUT2D eigenvalue weighted by Gasteiger charge is 2.26. The van der Waals surface area contributed by atoms with E-state index in [-0.39, 0.29) is 17.6 Å². The molecule has 1 aromatic rings. The molecule has 0 bridgehead atoms. The number of hydrogen-bond donors (Lipinski definition) is 2. The molecule has 1 saturated heterocycles. The van der Waals surface area contributed by atoms with Crippen molar-refractivity contribution in [2.45, 2.75) is 19.4 Å². The molecule has 0 aliphatic carbocycles. The number of hydrogen-bond acceptors (Lipinski definition) is 5. The topological polar surface area (TPSA) is 102 Å². The number of carbonyl (C=O) groups excluding carboxylic acids is 1. The molecule has 1 amide bonds. The van der Waals surface area contributed by atoms with Gasteiger partial charge in [-0.2, -0.15) is 0 Å². The molecule has 2 rings (SSSR count). The first-order valence-electron chi connectivity index (χ1n) is 6.98. The number of non-ortho nitro benzene ring substituents is 1. The van der Waals surface area contributed by atoms with Gasteiger partial charge in [0.25, 0.3) is 5.69 Å². The van der Waals surface area contributed by atoms with Crippen LogP contribution in [0.5, 0.6) is 0 Å². The lowest BCUT2D eigenvalue weighted by molar-refractivity contribution is -0.384. The molecule has 7 nitrogen and oxygen atoms in total. The smallest absolute Gasteiger partial charge is 0.269 e. The third kappa shape index (κ3) is 4.24. The van der Waals surface area contributed by atoms with Gasteiger partial charge in [-0.25, -0.2) is 0 Å². The first-order valence-corrected chi connectivity index (χ1v) is 6.98. The van der Waals surface area contributed by atoms with E-state index >= 15 is 0 Å². The Morgan fingerprint density at radius 3 is 2.71 bits per heavy atom. The van der Waals surface area contributed by atoms with Gasteiger partial charge in [0.05, 0.1) is 11.5 Å². The molecule has 1 heterocycles. The molecule has 1 aliphatic rings. The minimum Gasteiger partial charge on any atom is -0.328 e. The van der Waals surface area contributed by atoms with E-state index in [9.17, 15) is 14.9 Å². The fourth-order valence-electron chi connectivity index (χ4n) is 2.51. The van der Waals surface area contributed by atoms with Gasteiger partial charge in [0, 0.05) is 30.4 Å². The molecule has 1 aromatic carbocycles. The normalized spacial score (nSPS) is 20.2. The predicted molar refractivity (Wildman–Crippen MR) is 79.9 cm³/mol. The minimum atomic E-state index is -0.468. The van der Waals surface area contributed by atoms with Gasteiger partial charge in [0.1, 0.15) is 0 Å². The molecule has 1 fully saturated rings. The number of amides is 1. The highest BCUT2D eigenvalue weighted by Crippen LogP contribution is 2.19. The Morgan fingerprint density at radius 2 is 2.19 bits per heavy atom. The number of benzene rings is 1. The van der Waals surface area contributed by atoms with Crippen LogP contribution in [0.3, 0.4) is 0 Å². The van der Waals surface area contributed by atoms with Gasteiger partial charge in [-0.15, -0.1) is 0 Å². The number of likely N-dealkylation sites (tertiary alicyclic amines) is 1. The largest absolute Gasteiger partial charge is 0.328 e. The Balaban J connectivity index is 1.83. The predicted octanol–water partition coefficient (Wildman–Crippen LogP) is 1.20. The number of carbonyl (C=O) groups is 1. The van der Waals surface area contributed by atoms with Crippen molar-refractivity contribution in [3.05, 3.63) is 34.4 Å². The van der Waals surface area contributed by atoms with E-state index < -0.39 is 4.92 Å². The standard InChI is InChI=1S/C14H20N4O3/c1-10(15)11-6-7-17(8-11)9-14(19)16-12-2-4-13(5-3-12)18(20)21/h2-5,10-11H,6-9,15H2,1H3,(H,16,19). The van der Waals surface area contributed by atoms with Gasteiger partial charge < -0.3 is 11.1 Å². The molecule has 1 aliphatic heterocycles. The fourth-order valence-corrected chi connectivity index (χ4v) is 2.51. The zero-order valence-electron chi connectivity index (χ0n) is 12.0. The zero-order chi connectivity index (χ0) is 15.4. The summed E-state index contributed by atoms with van der Waals surface area (Å²) in [4.78, 5) is 24.1. The Kier molecular flexibility index (Phi) is 4.87. The van der Waals surface area contributed by atoms with Gasteiger partial charge in [-0.1, -0.05) is 0 Å². The molecule has 0 spiro atoms. The van der Waals surface area contributed by atoms with E-state index in [1.165, 1.54) is 24.3 Å². The molecule has 3 N–H and O–H groups in total. The molecule has 0 aromatic heterocycles. The third-order valence-corrected chi connectivity index (χ3v) is 3.78. The van der Waals surface area contributed by atoms with Crippen LogP contribution in [-0.2, 0) is 4.79 Å². The van der Waals surface area contributed by atoms with Gasteiger partial charge in [-0.05, 0) is 37.9 Å². The second kappa shape index (κ2) is 6.64. The van der Waals surface area contributed by atoms with Crippen LogP contribution >= 0.6 is 0 Å². The number of nitro groups is 1. The van der Waals surface area contributed by atoms with Crippen molar-refractivity contribution < 1.29 is 9.72 Å². The quantitative estimate of drug-likeness (QED) is 0.627. The summed E-state index contributed by atoms with van der Waals surface area (Å²) in [6, 6.07) is 5.96. The first kappa shape index (κ1) is 15.4. The van der Waals surface area contributed by atoms with E-state index in [0.29, 0.717) is 18.2 Å². The molecule has 7 heteroatoms. The molecule has 2 unspecified atom stereocenters. The second-order valence-electron chi connectivity index (χ2n) is 5.50. The minimum absolute atomic E-state index is 0.00678. The lowest BCUT2D eigenvalue weighted by Gasteiger charge is -2.17. The number of anilines is 1. The molecular weight excluding hydrogens is 272 g/mol. The molecule has 0 saturated carbocycles. The molecule has 21 heavy (non-hydrogen) atoms. The van der Waals surface area contributed by atoms with Crippen LogP contribution in [-0.4, -0.2) is 41.4 Å². The monoisotopic (exact) mass is 292 g/mol. The van der Waals surface area contributed by atoms with Gasteiger partial charge >= 0.3 is 0 Å². The number of nitrogens with zero attached hydrogens (tertiary/aromatic N) is 2. The third-order valence-electron chi connectivity index (χ3n) is 3.78. The summed E-state index contributed by atoms with van der Waals surface area (Å²) in [7, 11) is 0. The number of nitro benzene ring substituents is 1. The van der Waals surface area contributed by atoms with Crippen LogP contribution < -0.4 is 11.1 Å². The maximum absolute atomic E-state index is 11.9. The average Bonchev–Trinajstić information content (AvgIpc) is 2.87. The maximum Gasteiger partial charge on any atom is 0.269 e. The second-order valence-corrected chi connectivity index (χ2v) is 5.50. The number of rotatable bonds is 5. The van der Waals surface area contributed by atoms with Crippen LogP contribution in [0.2, 0.25) is 0 Å². The van der Waals surface area contributed by atoms with Crippen LogP contribution in [0.1, 0.15) is 13.3 Å². The van der Waals surface area contributed by atoms with E-state index in [4.69, 9.17) is 5.73 Å². The highest BCUT2D eigenvalue weighted by atomic mass is 16.6. The Bertz CT molecular complexity index is 515. The maximum atomic E-state index is 11.9. The summed E-state index contributed by atoms with van der Waals surface area (Å²) in [5, 5.41) is 13.3. The van der Waals surface area contributed by atoms with Crippen molar-refractivity contribution >= 4 is 17.3 Å². The average molecular weight is 292 g/mol. The van der Waals surface area contributed by atoms with Crippen LogP contribution in [0, 0.1) is 16.0 Å². The van der Waals surface area contributed by atoms with Crippen LogP contribution in [0.4, 0.5) is 11.4 Å². The molecule has 0 radical (unpaired) electrons.